The standard InChI is InChI=1S/C15H15ClN4O5S/c1-10-9-18(6-7-26(10,24)25)13-8-17-19(15(21)14(13)16)11-2-4-12(5-3-11)20(22)23/h2-5,8,10H,6-7,9H2,1H3. The van der Waals surface area contributed by atoms with Crippen LogP contribution in [0.4, 0.5) is 11.4 Å². The molecule has 0 aliphatic carbocycles. The Balaban J connectivity index is 1.94. The Morgan fingerprint density at radius 3 is 2.54 bits per heavy atom. The number of benzene rings is 1. The van der Waals surface area contributed by atoms with Gasteiger partial charge in [-0.2, -0.15) is 9.78 Å². The summed E-state index contributed by atoms with van der Waals surface area (Å²) in [7, 11) is -3.13. The van der Waals surface area contributed by atoms with Gasteiger partial charge < -0.3 is 4.90 Å². The van der Waals surface area contributed by atoms with Crippen LogP contribution in [0.3, 0.4) is 0 Å². The first-order valence-corrected chi connectivity index (χ1v) is 9.79. The van der Waals surface area contributed by atoms with Crippen LogP contribution in [0.25, 0.3) is 5.69 Å². The molecule has 138 valence electrons. The minimum Gasteiger partial charge on any atom is -0.367 e. The molecule has 1 saturated heterocycles. The van der Waals surface area contributed by atoms with Crippen LogP contribution in [-0.2, 0) is 9.84 Å². The van der Waals surface area contributed by atoms with Crippen molar-refractivity contribution in [2.45, 2.75) is 12.2 Å². The van der Waals surface area contributed by atoms with E-state index in [1.165, 1.54) is 30.5 Å². The number of nitrogens with zero attached hydrogens (tertiary/aromatic N) is 4. The first kappa shape index (κ1) is 18.3. The average molecular weight is 399 g/mol. The molecule has 1 fully saturated rings. The second-order valence-electron chi connectivity index (χ2n) is 5.96. The number of nitro groups is 1. The fourth-order valence-corrected chi connectivity index (χ4v) is 4.25. The van der Waals surface area contributed by atoms with Crippen molar-refractivity contribution < 1.29 is 13.3 Å². The van der Waals surface area contributed by atoms with E-state index in [1.54, 1.807) is 11.8 Å². The van der Waals surface area contributed by atoms with Gasteiger partial charge in [0, 0.05) is 25.2 Å². The predicted molar refractivity (Wildman–Crippen MR) is 97.0 cm³/mol. The van der Waals surface area contributed by atoms with Gasteiger partial charge in [-0.15, -0.1) is 0 Å². The molecule has 0 amide bonds. The molecule has 0 bridgehead atoms. The number of rotatable bonds is 3. The molecule has 1 aliphatic rings. The summed E-state index contributed by atoms with van der Waals surface area (Å²) in [5.74, 6) is -0.0179. The molecule has 1 atom stereocenters. The lowest BCUT2D eigenvalue weighted by Gasteiger charge is -2.32. The smallest absolute Gasteiger partial charge is 0.292 e. The molecule has 0 saturated carbocycles. The van der Waals surface area contributed by atoms with Crippen LogP contribution in [0, 0.1) is 10.1 Å². The summed E-state index contributed by atoms with van der Waals surface area (Å²) >= 11 is 6.21. The van der Waals surface area contributed by atoms with Gasteiger partial charge in [0.25, 0.3) is 11.2 Å². The molecule has 2 heterocycles. The molecule has 0 spiro atoms. The lowest BCUT2D eigenvalue weighted by molar-refractivity contribution is -0.384. The van der Waals surface area contributed by atoms with E-state index in [0.29, 0.717) is 11.4 Å². The third kappa shape index (κ3) is 3.29. The van der Waals surface area contributed by atoms with Gasteiger partial charge in [-0.3, -0.25) is 14.9 Å². The van der Waals surface area contributed by atoms with Crippen LogP contribution in [0.1, 0.15) is 6.92 Å². The van der Waals surface area contributed by atoms with E-state index in [0.717, 1.165) is 4.68 Å². The molecule has 1 aliphatic heterocycles. The lowest BCUT2D eigenvalue weighted by Crippen LogP contribution is -2.46. The quantitative estimate of drug-likeness (QED) is 0.567. The maximum atomic E-state index is 12.6. The number of sulfone groups is 1. The van der Waals surface area contributed by atoms with Gasteiger partial charge >= 0.3 is 0 Å². The highest BCUT2D eigenvalue weighted by atomic mass is 35.5. The molecular formula is C15H15ClN4O5S. The van der Waals surface area contributed by atoms with E-state index < -0.39 is 25.6 Å². The lowest BCUT2D eigenvalue weighted by atomic mass is 10.3. The molecule has 1 aromatic heterocycles. The highest BCUT2D eigenvalue weighted by Gasteiger charge is 2.31. The third-order valence-electron chi connectivity index (χ3n) is 4.28. The van der Waals surface area contributed by atoms with Gasteiger partial charge in [-0.05, 0) is 19.1 Å². The molecule has 9 nitrogen and oxygen atoms in total. The fraction of sp³-hybridized carbons (Fsp3) is 0.333. The molecule has 2 aromatic rings. The highest BCUT2D eigenvalue weighted by Crippen LogP contribution is 2.25. The monoisotopic (exact) mass is 398 g/mol. The summed E-state index contributed by atoms with van der Waals surface area (Å²) in [6, 6.07) is 5.33. The van der Waals surface area contributed by atoms with Gasteiger partial charge in [0.1, 0.15) is 5.02 Å². The number of hydrogen-bond acceptors (Lipinski definition) is 7. The van der Waals surface area contributed by atoms with Crippen molar-refractivity contribution in [1.82, 2.24) is 9.78 Å². The summed E-state index contributed by atoms with van der Waals surface area (Å²) in [6.45, 7) is 2.07. The van der Waals surface area contributed by atoms with Crippen LogP contribution >= 0.6 is 11.6 Å². The van der Waals surface area contributed by atoms with E-state index in [-0.39, 0.29) is 29.6 Å². The molecular weight excluding hydrogens is 384 g/mol. The summed E-state index contributed by atoms with van der Waals surface area (Å²) in [4.78, 5) is 24.4. The SMILES string of the molecule is CC1CN(c2cnn(-c3ccc([N+](=O)[O-])cc3)c(=O)c2Cl)CCS1(=O)=O. The van der Waals surface area contributed by atoms with Gasteiger partial charge in [0.05, 0.1) is 33.5 Å². The minimum atomic E-state index is -3.13. The number of aromatic nitrogens is 2. The number of hydrogen-bond donors (Lipinski definition) is 0. The molecule has 0 radical (unpaired) electrons. The summed E-state index contributed by atoms with van der Waals surface area (Å²) in [5.41, 5.74) is 0.0207. The van der Waals surface area contributed by atoms with Crippen molar-refractivity contribution in [2.75, 3.05) is 23.7 Å². The first-order valence-electron chi connectivity index (χ1n) is 7.70. The van der Waals surface area contributed by atoms with E-state index in [4.69, 9.17) is 11.6 Å². The van der Waals surface area contributed by atoms with Crippen LogP contribution in [-0.4, -0.2) is 47.2 Å². The highest BCUT2D eigenvalue weighted by molar-refractivity contribution is 7.92. The van der Waals surface area contributed by atoms with Crippen molar-refractivity contribution in [2.24, 2.45) is 0 Å². The minimum absolute atomic E-state index is 0.0179. The molecule has 1 unspecified atom stereocenters. The second kappa shape index (κ2) is 6.69. The summed E-state index contributed by atoms with van der Waals surface area (Å²) in [6.07, 6.45) is 1.40. The summed E-state index contributed by atoms with van der Waals surface area (Å²) in [5, 5.41) is 14.1. The van der Waals surface area contributed by atoms with Crippen molar-refractivity contribution in [3.63, 3.8) is 0 Å². The maximum absolute atomic E-state index is 12.6. The number of nitro benzene ring substituents is 1. The first-order chi connectivity index (χ1) is 12.2. The molecule has 11 heteroatoms. The van der Waals surface area contributed by atoms with Crippen LogP contribution in [0.15, 0.2) is 35.3 Å². The van der Waals surface area contributed by atoms with Crippen LogP contribution in [0.5, 0.6) is 0 Å². The molecule has 1 aromatic carbocycles. The maximum Gasteiger partial charge on any atom is 0.292 e. The van der Waals surface area contributed by atoms with E-state index in [1.807, 2.05) is 0 Å². The Morgan fingerprint density at radius 2 is 1.96 bits per heavy atom. The topological polar surface area (TPSA) is 115 Å². The Morgan fingerprint density at radius 1 is 1.31 bits per heavy atom. The zero-order valence-corrected chi connectivity index (χ0v) is 15.3. The number of halogens is 1. The molecule has 0 N–H and O–H groups in total. The Hall–Kier alpha value is -2.46. The third-order valence-corrected chi connectivity index (χ3v) is 6.76. The average Bonchev–Trinajstić information content (AvgIpc) is 2.60. The number of anilines is 1. The zero-order chi connectivity index (χ0) is 19.1. The van der Waals surface area contributed by atoms with Crippen molar-refractivity contribution in [1.29, 1.82) is 0 Å². The normalized spacial score (nSPS) is 19.3. The zero-order valence-electron chi connectivity index (χ0n) is 13.7. The second-order valence-corrected chi connectivity index (χ2v) is 8.87. The van der Waals surface area contributed by atoms with Crippen molar-refractivity contribution in [3.05, 3.63) is 56.0 Å². The number of non-ortho nitro benzene ring substituents is 1. The van der Waals surface area contributed by atoms with Gasteiger partial charge in [0.2, 0.25) is 0 Å². The Bertz CT molecular complexity index is 1020. The fourth-order valence-electron chi connectivity index (χ4n) is 2.72. The summed E-state index contributed by atoms with van der Waals surface area (Å²) < 4.78 is 24.7. The predicted octanol–water partition coefficient (Wildman–Crippen LogP) is 1.42. The largest absolute Gasteiger partial charge is 0.367 e. The molecule has 3 rings (SSSR count). The van der Waals surface area contributed by atoms with Crippen molar-refractivity contribution in [3.8, 4) is 5.69 Å². The van der Waals surface area contributed by atoms with Gasteiger partial charge in [-0.1, -0.05) is 11.6 Å². The van der Waals surface area contributed by atoms with Crippen molar-refractivity contribution >= 4 is 32.8 Å². The Labute approximate surface area is 153 Å². The van der Waals surface area contributed by atoms with E-state index >= 15 is 0 Å². The van der Waals surface area contributed by atoms with Gasteiger partial charge in [0.15, 0.2) is 9.84 Å². The van der Waals surface area contributed by atoms with E-state index in [2.05, 4.69) is 5.10 Å². The van der Waals surface area contributed by atoms with Gasteiger partial charge in [-0.25, -0.2) is 8.42 Å². The Kier molecular flexibility index (Phi) is 4.72. The van der Waals surface area contributed by atoms with Crippen LogP contribution in [0.2, 0.25) is 5.02 Å². The van der Waals surface area contributed by atoms with Crippen LogP contribution < -0.4 is 10.5 Å². The van der Waals surface area contributed by atoms with E-state index in [9.17, 15) is 23.3 Å². The molecule has 26 heavy (non-hydrogen) atoms.